The minimum Gasteiger partial charge on any atom is -0.207 e. The Morgan fingerprint density at radius 1 is 0.652 bits per heavy atom. The van der Waals surface area contributed by atoms with Crippen LogP contribution in [0.3, 0.4) is 0 Å². The molecule has 23 heavy (non-hydrogen) atoms. The molecule has 0 radical (unpaired) electrons. The van der Waals surface area contributed by atoms with Crippen LogP contribution in [0, 0.1) is 29.5 Å². The summed E-state index contributed by atoms with van der Waals surface area (Å²) in [6.07, 6.45) is 1.36. The minimum absolute atomic E-state index is 0.163. The van der Waals surface area contributed by atoms with Crippen molar-refractivity contribution in [2.75, 3.05) is 0 Å². The van der Waals surface area contributed by atoms with Crippen molar-refractivity contribution in [1.29, 1.82) is 0 Å². The van der Waals surface area contributed by atoms with Crippen molar-refractivity contribution >= 4 is 0 Å². The molecule has 0 atom stereocenters. The number of hydrogen-bond acceptors (Lipinski definition) is 0. The predicted octanol–water partition coefficient (Wildman–Crippen LogP) is 7.94. The Kier molecular flexibility index (Phi) is 14.4. The average Bonchev–Trinajstić information content (AvgIpc) is 2.38. The Bertz CT molecular complexity index is 346. The van der Waals surface area contributed by atoms with Crippen LogP contribution in [0.25, 0.3) is 0 Å². The first-order valence-corrected chi connectivity index (χ1v) is 9.22. The van der Waals surface area contributed by atoms with Gasteiger partial charge in [0.15, 0.2) is 0 Å². The number of benzene rings is 1. The standard InChI is InChI=1S/C9H11F.C7H16.C6H14/c1-7(2)8-3-5-9(10)6-4-8;1-6(2)5-7(3)4;1-5(2)6(3)4/h3-7H,1-2H3;6-7H,5H2,1-4H3;5-6H,1-4H3. The fourth-order valence-corrected chi connectivity index (χ4v) is 1.79. The first-order chi connectivity index (χ1) is 10.5. The lowest BCUT2D eigenvalue weighted by atomic mass is 10.0. The van der Waals surface area contributed by atoms with Crippen LogP contribution in [-0.2, 0) is 0 Å². The summed E-state index contributed by atoms with van der Waals surface area (Å²) in [5.74, 6) is 3.78. The zero-order valence-corrected chi connectivity index (χ0v) is 17.3. The molecule has 0 aromatic heterocycles. The fourth-order valence-electron chi connectivity index (χ4n) is 1.79. The van der Waals surface area contributed by atoms with Crippen LogP contribution in [0.2, 0.25) is 0 Å². The molecule has 0 unspecified atom stereocenters. The van der Waals surface area contributed by atoms with Crippen molar-refractivity contribution in [2.24, 2.45) is 23.7 Å². The van der Waals surface area contributed by atoms with Gasteiger partial charge in [-0.05, 0) is 53.7 Å². The van der Waals surface area contributed by atoms with E-state index in [0.717, 1.165) is 23.7 Å². The zero-order chi connectivity index (χ0) is 18.6. The number of hydrogen-bond donors (Lipinski definition) is 0. The summed E-state index contributed by atoms with van der Waals surface area (Å²) < 4.78 is 12.4. The topological polar surface area (TPSA) is 0 Å². The van der Waals surface area contributed by atoms with Crippen LogP contribution in [-0.4, -0.2) is 0 Å². The largest absolute Gasteiger partial charge is 0.207 e. The molecule has 136 valence electrons. The van der Waals surface area contributed by atoms with Gasteiger partial charge in [0.2, 0.25) is 0 Å². The SMILES string of the molecule is CC(C)C(C)C.CC(C)CC(C)C.CC(C)c1ccc(F)cc1. The van der Waals surface area contributed by atoms with Gasteiger partial charge in [-0.15, -0.1) is 0 Å². The highest BCUT2D eigenvalue weighted by Crippen LogP contribution is 2.13. The molecule has 0 amide bonds. The molecule has 0 saturated heterocycles. The molecule has 0 N–H and O–H groups in total. The first-order valence-electron chi connectivity index (χ1n) is 9.22. The molecule has 1 rings (SSSR count). The maximum Gasteiger partial charge on any atom is 0.123 e. The minimum atomic E-state index is -0.163. The van der Waals surface area contributed by atoms with Crippen molar-refractivity contribution in [3.63, 3.8) is 0 Å². The van der Waals surface area contributed by atoms with Gasteiger partial charge in [-0.2, -0.15) is 0 Å². The average molecular weight is 325 g/mol. The summed E-state index contributed by atoms with van der Waals surface area (Å²) in [6, 6.07) is 6.63. The van der Waals surface area contributed by atoms with Gasteiger partial charge in [-0.25, -0.2) is 4.39 Å². The van der Waals surface area contributed by atoms with E-state index < -0.39 is 0 Å². The highest BCUT2D eigenvalue weighted by molar-refractivity contribution is 5.18. The van der Waals surface area contributed by atoms with E-state index in [9.17, 15) is 4.39 Å². The van der Waals surface area contributed by atoms with Crippen LogP contribution in [0.1, 0.15) is 87.1 Å². The third-order valence-corrected chi connectivity index (χ3v) is 3.81. The molecule has 0 spiro atoms. The third-order valence-electron chi connectivity index (χ3n) is 3.81. The van der Waals surface area contributed by atoms with Crippen LogP contribution >= 0.6 is 0 Å². The summed E-state index contributed by atoms with van der Waals surface area (Å²) in [7, 11) is 0. The van der Waals surface area contributed by atoms with Gasteiger partial charge < -0.3 is 0 Å². The molecule has 0 nitrogen and oxygen atoms in total. The van der Waals surface area contributed by atoms with Gasteiger partial charge in [0.05, 0.1) is 0 Å². The Morgan fingerprint density at radius 2 is 1.00 bits per heavy atom. The lowest BCUT2D eigenvalue weighted by Crippen LogP contribution is -1.95. The van der Waals surface area contributed by atoms with Crippen molar-refractivity contribution in [2.45, 2.75) is 81.6 Å². The molecule has 1 aromatic carbocycles. The summed E-state index contributed by atoms with van der Waals surface area (Å²) >= 11 is 0. The molecule has 0 bridgehead atoms. The molecule has 0 aliphatic heterocycles. The van der Waals surface area contributed by atoms with E-state index in [1.54, 1.807) is 0 Å². The summed E-state index contributed by atoms with van der Waals surface area (Å²) in [5.41, 5.74) is 1.18. The van der Waals surface area contributed by atoms with Crippen molar-refractivity contribution in [3.05, 3.63) is 35.6 Å². The van der Waals surface area contributed by atoms with Gasteiger partial charge in [0, 0.05) is 0 Å². The molecule has 0 aliphatic rings. The van der Waals surface area contributed by atoms with E-state index in [2.05, 4.69) is 69.2 Å². The summed E-state index contributed by atoms with van der Waals surface area (Å²) in [4.78, 5) is 0. The lowest BCUT2D eigenvalue weighted by molar-refractivity contribution is 0.457. The smallest absolute Gasteiger partial charge is 0.123 e. The zero-order valence-electron chi connectivity index (χ0n) is 17.3. The fraction of sp³-hybridized carbons (Fsp3) is 0.727. The van der Waals surface area contributed by atoms with E-state index in [1.807, 2.05) is 12.1 Å². The quantitative estimate of drug-likeness (QED) is 0.527. The van der Waals surface area contributed by atoms with Crippen LogP contribution in [0.4, 0.5) is 4.39 Å². The highest BCUT2D eigenvalue weighted by Gasteiger charge is 1.97. The van der Waals surface area contributed by atoms with Gasteiger partial charge in [0.25, 0.3) is 0 Å². The maximum atomic E-state index is 12.4. The van der Waals surface area contributed by atoms with E-state index >= 15 is 0 Å². The van der Waals surface area contributed by atoms with Crippen molar-refractivity contribution in [1.82, 2.24) is 0 Å². The van der Waals surface area contributed by atoms with Crippen molar-refractivity contribution in [3.8, 4) is 0 Å². The van der Waals surface area contributed by atoms with Gasteiger partial charge in [-0.1, -0.05) is 81.4 Å². The van der Waals surface area contributed by atoms with E-state index in [-0.39, 0.29) is 5.82 Å². The lowest BCUT2D eigenvalue weighted by Gasteiger charge is -2.05. The van der Waals surface area contributed by atoms with Crippen LogP contribution in [0.15, 0.2) is 24.3 Å². The monoisotopic (exact) mass is 324 g/mol. The molecule has 0 aliphatic carbocycles. The van der Waals surface area contributed by atoms with Gasteiger partial charge in [0.1, 0.15) is 5.82 Å². The van der Waals surface area contributed by atoms with E-state index in [4.69, 9.17) is 0 Å². The molecule has 0 fully saturated rings. The van der Waals surface area contributed by atoms with Crippen LogP contribution < -0.4 is 0 Å². The van der Waals surface area contributed by atoms with Crippen LogP contribution in [0.5, 0.6) is 0 Å². The maximum absolute atomic E-state index is 12.4. The Morgan fingerprint density at radius 3 is 1.17 bits per heavy atom. The number of rotatable bonds is 4. The highest BCUT2D eigenvalue weighted by atomic mass is 19.1. The third kappa shape index (κ3) is 17.3. The summed E-state index contributed by atoms with van der Waals surface area (Å²) in [6.45, 7) is 22.2. The molecule has 0 saturated carbocycles. The van der Waals surface area contributed by atoms with Gasteiger partial charge in [-0.3, -0.25) is 0 Å². The second kappa shape index (κ2) is 13.6. The Balaban J connectivity index is 0. The molecule has 0 heterocycles. The normalized spacial score (nSPS) is 10.8. The second-order valence-corrected chi connectivity index (χ2v) is 8.22. The molecule has 1 heteroatoms. The Hall–Kier alpha value is -0.850. The van der Waals surface area contributed by atoms with Gasteiger partial charge >= 0.3 is 0 Å². The molecular weight excluding hydrogens is 283 g/mol. The number of halogens is 1. The molecular formula is C22H41F. The second-order valence-electron chi connectivity index (χ2n) is 8.22. The Labute approximate surface area is 145 Å². The molecule has 1 aromatic rings. The van der Waals surface area contributed by atoms with Crippen molar-refractivity contribution < 1.29 is 4.39 Å². The summed E-state index contributed by atoms with van der Waals surface area (Å²) in [5, 5.41) is 0. The van der Waals surface area contributed by atoms with E-state index in [0.29, 0.717) is 5.92 Å². The first kappa shape index (κ1) is 24.4. The predicted molar refractivity (Wildman–Crippen MR) is 104 cm³/mol. The van der Waals surface area contributed by atoms with E-state index in [1.165, 1.54) is 24.1 Å².